The van der Waals surface area contributed by atoms with Gasteiger partial charge in [-0.05, 0) is 64.3 Å². The summed E-state index contributed by atoms with van der Waals surface area (Å²) in [7, 11) is 0. The van der Waals surface area contributed by atoms with Crippen LogP contribution >= 0.6 is 0 Å². The number of nitrogens with zero attached hydrogens (tertiary/aromatic N) is 2. The van der Waals surface area contributed by atoms with E-state index in [9.17, 15) is 22.4 Å². The zero-order valence-electron chi connectivity index (χ0n) is 19.5. The quantitative estimate of drug-likeness (QED) is 0.501. The van der Waals surface area contributed by atoms with Gasteiger partial charge in [-0.3, -0.25) is 0 Å². The Labute approximate surface area is 190 Å². The minimum atomic E-state index is -4.71. The summed E-state index contributed by atoms with van der Waals surface area (Å²) in [6.07, 6.45) is -3.82. The van der Waals surface area contributed by atoms with E-state index >= 15 is 0 Å². The monoisotopic (exact) mass is 471 g/mol. The highest BCUT2D eigenvalue weighted by molar-refractivity contribution is 5.68. The Bertz CT molecular complexity index is 974. The van der Waals surface area contributed by atoms with Crippen molar-refractivity contribution in [3.63, 3.8) is 0 Å². The normalized spacial score (nSPS) is 14.0. The van der Waals surface area contributed by atoms with Crippen LogP contribution in [-0.2, 0) is 10.9 Å². The van der Waals surface area contributed by atoms with Crippen molar-refractivity contribution in [2.75, 3.05) is 6.61 Å². The SMILES string of the molecule is CC(C)C[C@@](C)(COc1ccc(-c2ccnc(C(F)(F)F)n2)cc1F)NC(=O)OC(C)(C)C. The van der Waals surface area contributed by atoms with Crippen molar-refractivity contribution in [3.05, 3.63) is 42.1 Å². The molecule has 10 heteroatoms. The molecule has 182 valence electrons. The first kappa shape index (κ1) is 26.3. The maximum atomic E-state index is 14.7. The summed E-state index contributed by atoms with van der Waals surface area (Å²) in [6.45, 7) is 10.9. The number of alkyl halides is 3. The van der Waals surface area contributed by atoms with Gasteiger partial charge in [0.05, 0.1) is 11.2 Å². The molecule has 1 aromatic heterocycles. The van der Waals surface area contributed by atoms with Crippen molar-refractivity contribution in [1.29, 1.82) is 0 Å². The first-order chi connectivity index (χ1) is 15.1. The highest BCUT2D eigenvalue weighted by atomic mass is 19.4. The molecule has 1 amide bonds. The number of halogens is 4. The van der Waals surface area contributed by atoms with Gasteiger partial charge in [0.25, 0.3) is 0 Å². The Morgan fingerprint density at radius 3 is 2.33 bits per heavy atom. The highest BCUT2D eigenvalue weighted by Gasteiger charge is 2.35. The van der Waals surface area contributed by atoms with Crippen LogP contribution in [0.1, 0.15) is 53.8 Å². The summed E-state index contributed by atoms with van der Waals surface area (Å²) in [5, 5.41) is 2.80. The van der Waals surface area contributed by atoms with Crippen molar-refractivity contribution in [2.24, 2.45) is 5.92 Å². The lowest BCUT2D eigenvalue weighted by Crippen LogP contribution is -2.52. The van der Waals surface area contributed by atoms with E-state index in [1.165, 1.54) is 18.2 Å². The van der Waals surface area contributed by atoms with Gasteiger partial charge >= 0.3 is 12.3 Å². The molecule has 0 aliphatic rings. The molecule has 0 fully saturated rings. The molecular formula is C23H29F4N3O3. The fourth-order valence-corrected chi connectivity index (χ4v) is 3.27. The lowest BCUT2D eigenvalue weighted by atomic mass is 9.91. The van der Waals surface area contributed by atoms with Crippen LogP contribution in [0.2, 0.25) is 0 Å². The average molecular weight is 471 g/mol. The summed E-state index contributed by atoms with van der Waals surface area (Å²) in [4.78, 5) is 18.9. The molecule has 0 unspecified atom stereocenters. The van der Waals surface area contributed by atoms with Crippen molar-refractivity contribution in [1.82, 2.24) is 15.3 Å². The summed E-state index contributed by atoms with van der Waals surface area (Å²) in [5.41, 5.74) is -1.46. The van der Waals surface area contributed by atoms with E-state index in [0.29, 0.717) is 6.42 Å². The third kappa shape index (κ3) is 8.18. The number of ether oxygens (including phenoxy) is 2. The Morgan fingerprint density at radius 2 is 1.79 bits per heavy atom. The van der Waals surface area contributed by atoms with Crippen LogP contribution in [0.25, 0.3) is 11.3 Å². The van der Waals surface area contributed by atoms with Crippen molar-refractivity contribution in [3.8, 4) is 17.0 Å². The molecule has 1 atom stereocenters. The zero-order chi connectivity index (χ0) is 25.0. The molecule has 2 rings (SSSR count). The van der Waals surface area contributed by atoms with E-state index in [2.05, 4.69) is 15.3 Å². The maximum absolute atomic E-state index is 14.7. The van der Waals surface area contributed by atoms with Crippen LogP contribution < -0.4 is 10.1 Å². The number of hydrogen-bond acceptors (Lipinski definition) is 5. The van der Waals surface area contributed by atoms with Crippen LogP contribution in [0.3, 0.4) is 0 Å². The number of carbonyl (C=O) groups is 1. The summed E-state index contributed by atoms with van der Waals surface area (Å²) < 4.78 is 64.2. The van der Waals surface area contributed by atoms with Gasteiger partial charge < -0.3 is 14.8 Å². The van der Waals surface area contributed by atoms with Gasteiger partial charge in [0.1, 0.15) is 12.2 Å². The van der Waals surface area contributed by atoms with Crippen LogP contribution in [0, 0.1) is 11.7 Å². The van der Waals surface area contributed by atoms with Crippen LogP contribution in [0.15, 0.2) is 30.5 Å². The second-order valence-electron chi connectivity index (χ2n) is 9.48. The number of rotatable bonds is 7. The molecule has 6 nitrogen and oxygen atoms in total. The summed E-state index contributed by atoms with van der Waals surface area (Å²) in [6, 6.07) is 5.01. The molecular weight excluding hydrogens is 442 g/mol. The van der Waals surface area contributed by atoms with E-state index in [0.717, 1.165) is 12.3 Å². The average Bonchev–Trinajstić information content (AvgIpc) is 2.64. The van der Waals surface area contributed by atoms with Crippen molar-refractivity contribution < 1.29 is 31.8 Å². The standard InChI is InChI=1S/C23H29F4N3O3/c1-14(2)12-22(6,30-20(31)33-21(3,4)5)13-32-18-8-7-15(11-16(18)24)17-9-10-28-19(29-17)23(25,26)27/h7-11,14H,12-13H2,1-6H3,(H,30,31)/t22-/m0/s1. The third-order valence-electron chi connectivity index (χ3n) is 4.34. The van der Waals surface area contributed by atoms with E-state index < -0.39 is 35.1 Å². The molecule has 2 aromatic rings. The first-order valence-electron chi connectivity index (χ1n) is 10.4. The zero-order valence-corrected chi connectivity index (χ0v) is 19.5. The van der Waals surface area contributed by atoms with Crippen molar-refractivity contribution >= 4 is 6.09 Å². The van der Waals surface area contributed by atoms with Crippen LogP contribution in [0.5, 0.6) is 5.75 Å². The smallest absolute Gasteiger partial charge is 0.451 e. The fraction of sp³-hybridized carbons (Fsp3) is 0.522. The maximum Gasteiger partial charge on any atom is 0.451 e. The number of benzene rings is 1. The minimum absolute atomic E-state index is 0.0492. The number of alkyl carbamates (subject to hydrolysis) is 1. The minimum Gasteiger partial charge on any atom is -0.488 e. The lowest BCUT2D eigenvalue weighted by molar-refractivity contribution is -0.144. The topological polar surface area (TPSA) is 73.3 Å². The van der Waals surface area contributed by atoms with Gasteiger partial charge in [0.2, 0.25) is 5.82 Å². The lowest BCUT2D eigenvalue weighted by Gasteiger charge is -2.33. The van der Waals surface area contributed by atoms with Gasteiger partial charge in [-0.15, -0.1) is 0 Å². The molecule has 0 saturated heterocycles. The van der Waals surface area contributed by atoms with Gasteiger partial charge in [-0.2, -0.15) is 13.2 Å². The Balaban J connectivity index is 2.18. The molecule has 0 bridgehead atoms. The third-order valence-corrected chi connectivity index (χ3v) is 4.34. The molecule has 1 aromatic carbocycles. The van der Waals surface area contributed by atoms with E-state index in [1.54, 1.807) is 27.7 Å². The van der Waals surface area contributed by atoms with Gasteiger partial charge in [-0.25, -0.2) is 19.2 Å². The number of nitrogens with one attached hydrogen (secondary N) is 1. The van der Waals surface area contributed by atoms with E-state index in [1.807, 2.05) is 13.8 Å². The summed E-state index contributed by atoms with van der Waals surface area (Å²) >= 11 is 0. The van der Waals surface area contributed by atoms with Gasteiger partial charge in [-0.1, -0.05) is 13.8 Å². The molecule has 0 aliphatic carbocycles. The molecule has 0 radical (unpaired) electrons. The van der Waals surface area contributed by atoms with E-state index in [4.69, 9.17) is 9.47 Å². The largest absolute Gasteiger partial charge is 0.488 e. The Morgan fingerprint density at radius 1 is 1.12 bits per heavy atom. The predicted octanol–water partition coefficient (Wildman–Crippen LogP) is 6.01. The van der Waals surface area contributed by atoms with Gasteiger partial charge in [0, 0.05) is 11.8 Å². The molecule has 0 aliphatic heterocycles. The number of hydrogen-bond donors (Lipinski definition) is 1. The second-order valence-corrected chi connectivity index (χ2v) is 9.48. The number of carbonyl (C=O) groups excluding carboxylic acids is 1. The molecule has 0 spiro atoms. The summed E-state index contributed by atoms with van der Waals surface area (Å²) in [5.74, 6) is -1.99. The van der Waals surface area contributed by atoms with Crippen LogP contribution in [-0.4, -0.2) is 33.8 Å². The molecule has 0 saturated carbocycles. The molecule has 1 N–H and O–H groups in total. The van der Waals surface area contributed by atoms with E-state index in [-0.39, 0.29) is 29.5 Å². The second kappa shape index (κ2) is 9.93. The highest BCUT2D eigenvalue weighted by Crippen LogP contribution is 2.30. The Hall–Kier alpha value is -2.91. The fourth-order valence-electron chi connectivity index (χ4n) is 3.27. The predicted molar refractivity (Wildman–Crippen MR) is 115 cm³/mol. The van der Waals surface area contributed by atoms with Gasteiger partial charge in [0.15, 0.2) is 11.6 Å². The molecule has 1 heterocycles. The number of aromatic nitrogens is 2. The first-order valence-corrected chi connectivity index (χ1v) is 10.4. The number of amides is 1. The van der Waals surface area contributed by atoms with Crippen LogP contribution in [0.4, 0.5) is 22.4 Å². The molecule has 33 heavy (non-hydrogen) atoms. The Kier molecular flexibility index (Phi) is 7.92. The van der Waals surface area contributed by atoms with Crippen molar-refractivity contribution in [2.45, 2.75) is 65.3 Å².